The molecule has 0 aliphatic rings. The molecular weight excluding hydrogens is 460 g/mol. The van der Waals surface area contributed by atoms with Crippen molar-refractivity contribution in [2.45, 2.75) is 27.0 Å². The monoisotopic (exact) mass is 486 g/mol. The highest BCUT2D eigenvalue weighted by atomic mass is 16.5. The summed E-state index contributed by atoms with van der Waals surface area (Å²) >= 11 is 0. The molecule has 2 aromatic carbocycles. The van der Waals surface area contributed by atoms with Gasteiger partial charge in [-0.15, -0.1) is 0 Å². The van der Waals surface area contributed by atoms with E-state index in [4.69, 9.17) is 13.9 Å². The van der Waals surface area contributed by atoms with Crippen molar-refractivity contribution >= 4 is 5.52 Å². The van der Waals surface area contributed by atoms with Crippen molar-refractivity contribution in [3.8, 4) is 34.2 Å². The first-order valence-electron chi connectivity index (χ1n) is 11.6. The van der Waals surface area contributed by atoms with E-state index in [1.165, 1.54) is 4.52 Å². The summed E-state index contributed by atoms with van der Waals surface area (Å²) in [4.78, 5) is 18.1. The lowest BCUT2D eigenvalue weighted by Crippen LogP contribution is -2.23. The number of rotatable bonds is 8. The van der Waals surface area contributed by atoms with Crippen molar-refractivity contribution in [2.24, 2.45) is 0 Å². The zero-order valence-corrected chi connectivity index (χ0v) is 20.3. The van der Waals surface area contributed by atoms with E-state index in [1.54, 1.807) is 24.1 Å². The Kier molecular flexibility index (Phi) is 6.30. The number of aromatic nitrogens is 4. The van der Waals surface area contributed by atoms with Crippen molar-refractivity contribution in [3.63, 3.8) is 0 Å². The van der Waals surface area contributed by atoms with Gasteiger partial charge in [0.05, 0.1) is 32.6 Å². The summed E-state index contributed by atoms with van der Waals surface area (Å²) in [7, 11) is 1.60. The van der Waals surface area contributed by atoms with E-state index in [0.717, 1.165) is 16.9 Å². The van der Waals surface area contributed by atoms with Crippen LogP contribution in [0.25, 0.3) is 28.2 Å². The maximum atomic E-state index is 13.4. The number of hydrogen-bond acceptors (Lipinski definition) is 7. The lowest BCUT2D eigenvalue weighted by molar-refractivity contribution is 0.283. The number of methoxy groups -OCH3 is 1. The standard InChI is InChI=1S/C27H26N4O5/c1-4-35-21-11-7-19(8-12-21)26-28-23(17(2)36-26)15-30-13-14-31-25(27(30)33)22(16-32)24(29-31)18-5-9-20(34-3)10-6-18/h5-14,32H,4,15-16H2,1-3H3. The minimum atomic E-state index is -0.324. The van der Waals surface area contributed by atoms with Gasteiger partial charge < -0.3 is 23.6 Å². The number of oxazole rings is 1. The van der Waals surface area contributed by atoms with Crippen LogP contribution >= 0.6 is 0 Å². The molecule has 184 valence electrons. The molecule has 0 fully saturated rings. The molecule has 0 atom stereocenters. The minimum Gasteiger partial charge on any atom is -0.497 e. The molecule has 0 saturated heterocycles. The van der Waals surface area contributed by atoms with Crippen LogP contribution in [0.15, 0.2) is 70.1 Å². The van der Waals surface area contributed by atoms with Crippen molar-refractivity contribution in [2.75, 3.05) is 13.7 Å². The second kappa shape index (κ2) is 9.71. The molecule has 5 rings (SSSR count). The fraction of sp³-hybridized carbons (Fsp3) is 0.222. The Bertz CT molecular complexity index is 1560. The second-order valence-electron chi connectivity index (χ2n) is 8.22. The molecule has 3 aromatic heterocycles. The van der Waals surface area contributed by atoms with E-state index in [1.807, 2.05) is 62.4 Å². The summed E-state index contributed by atoms with van der Waals surface area (Å²) in [6, 6.07) is 14.8. The SMILES string of the molecule is CCOc1ccc(-c2nc(Cn3ccn4nc(-c5ccc(OC)cc5)c(CO)c4c3=O)c(C)o2)cc1. The van der Waals surface area contributed by atoms with Crippen LogP contribution in [-0.2, 0) is 13.2 Å². The Morgan fingerprint density at radius 3 is 2.36 bits per heavy atom. The predicted octanol–water partition coefficient (Wildman–Crippen LogP) is 4.07. The van der Waals surface area contributed by atoms with Gasteiger partial charge in [-0.05, 0) is 62.4 Å². The number of aliphatic hydroxyl groups is 1. The van der Waals surface area contributed by atoms with Gasteiger partial charge in [0.25, 0.3) is 5.56 Å². The van der Waals surface area contributed by atoms with E-state index in [-0.39, 0.29) is 18.7 Å². The van der Waals surface area contributed by atoms with Crippen molar-refractivity contribution in [1.29, 1.82) is 0 Å². The quantitative estimate of drug-likeness (QED) is 0.353. The van der Waals surface area contributed by atoms with E-state index < -0.39 is 0 Å². The van der Waals surface area contributed by atoms with Crippen molar-refractivity contribution < 1.29 is 19.0 Å². The number of fused-ring (bicyclic) bond motifs is 1. The molecule has 0 spiro atoms. The summed E-state index contributed by atoms with van der Waals surface area (Å²) in [5.74, 6) is 2.59. The topological polar surface area (TPSA) is 104 Å². The molecule has 0 radical (unpaired) electrons. The molecule has 9 heteroatoms. The average molecular weight is 487 g/mol. The third-order valence-corrected chi connectivity index (χ3v) is 6.01. The van der Waals surface area contributed by atoms with Gasteiger partial charge in [-0.2, -0.15) is 5.10 Å². The molecular formula is C27H26N4O5. The molecule has 0 saturated carbocycles. The van der Waals surface area contributed by atoms with Crippen molar-refractivity contribution in [3.05, 3.63) is 88.3 Å². The number of benzene rings is 2. The van der Waals surface area contributed by atoms with E-state index in [0.29, 0.717) is 46.5 Å². The van der Waals surface area contributed by atoms with Gasteiger partial charge in [0.1, 0.15) is 28.5 Å². The van der Waals surface area contributed by atoms with Gasteiger partial charge in [0.2, 0.25) is 5.89 Å². The molecule has 0 aliphatic carbocycles. The van der Waals surface area contributed by atoms with Crippen molar-refractivity contribution in [1.82, 2.24) is 19.2 Å². The number of hydrogen-bond donors (Lipinski definition) is 1. The molecule has 0 aliphatic heterocycles. The van der Waals surface area contributed by atoms with Gasteiger partial charge >= 0.3 is 0 Å². The van der Waals surface area contributed by atoms with E-state index in [9.17, 15) is 9.90 Å². The highest BCUT2D eigenvalue weighted by Crippen LogP contribution is 2.27. The van der Waals surface area contributed by atoms with Gasteiger partial charge in [0, 0.05) is 29.1 Å². The van der Waals surface area contributed by atoms with Crippen LogP contribution in [0.5, 0.6) is 11.5 Å². The third kappa shape index (κ3) is 4.25. The van der Waals surface area contributed by atoms with Gasteiger partial charge in [-0.3, -0.25) is 4.79 Å². The first kappa shape index (κ1) is 23.4. The Labute approximate surface area is 207 Å². The van der Waals surface area contributed by atoms with Crippen LogP contribution in [0.1, 0.15) is 23.9 Å². The van der Waals surface area contributed by atoms with Crippen LogP contribution in [0.3, 0.4) is 0 Å². The molecule has 0 amide bonds. The summed E-state index contributed by atoms with van der Waals surface area (Å²) < 4.78 is 19.6. The molecule has 9 nitrogen and oxygen atoms in total. The Balaban J connectivity index is 1.49. The smallest absolute Gasteiger partial charge is 0.277 e. The van der Waals surface area contributed by atoms with Gasteiger partial charge in [0.15, 0.2) is 0 Å². The normalized spacial score (nSPS) is 11.2. The molecule has 36 heavy (non-hydrogen) atoms. The lowest BCUT2D eigenvalue weighted by atomic mass is 10.1. The zero-order chi connectivity index (χ0) is 25.2. The number of aryl methyl sites for hydroxylation is 1. The maximum absolute atomic E-state index is 13.4. The molecule has 3 heterocycles. The highest BCUT2D eigenvalue weighted by molar-refractivity contribution is 5.72. The Morgan fingerprint density at radius 1 is 1.00 bits per heavy atom. The Morgan fingerprint density at radius 2 is 1.69 bits per heavy atom. The number of ether oxygens (including phenoxy) is 2. The third-order valence-electron chi connectivity index (χ3n) is 6.01. The summed E-state index contributed by atoms with van der Waals surface area (Å²) in [5, 5.41) is 14.7. The number of aliphatic hydroxyl groups excluding tert-OH is 1. The van der Waals surface area contributed by atoms with Crippen LogP contribution in [0.4, 0.5) is 0 Å². The lowest BCUT2D eigenvalue weighted by Gasteiger charge is -2.05. The molecule has 0 bridgehead atoms. The minimum absolute atomic E-state index is 0.218. The summed E-state index contributed by atoms with van der Waals surface area (Å²) in [5.41, 5.74) is 3.29. The fourth-order valence-corrected chi connectivity index (χ4v) is 4.13. The fourth-order valence-electron chi connectivity index (χ4n) is 4.13. The van der Waals surface area contributed by atoms with Crippen LogP contribution in [0.2, 0.25) is 0 Å². The van der Waals surface area contributed by atoms with Gasteiger partial charge in [-0.25, -0.2) is 9.50 Å². The Hall–Kier alpha value is -4.37. The predicted molar refractivity (Wildman–Crippen MR) is 134 cm³/mol. The largest absolute Gasteiger partial charge is 0.497 e. The van der Waals surface area contributed by atoms with Crippen LogP contribution in [-0.4, -0.2) is 38.0 Å². The maximum Gasteiger partial charge on any atom is 0.277 e. The van der Waals surface area contributed by atoms with Gasteiger partial charge in [-0.1, -0.05) is 0 Å². The summed E-state index contributed by atoms with van der Waals surface area (Å²) in [6.45, 7) is 4.25. The van der Waals surface area contributed by atoms with Crippen LogP contribution < -0.4 is 15.0 Å². The van der Waals surface area contributed by atoms with E-state index in [2.05, 4.69) is 10.1 Å². The second-order valence-corrected chi connectivity index (χ2v) is 8.22. The summed E-state index contributed by atoms with van der Waals surface area (Å²) in [6.07, 6.45) is 3.36. The molecule has 1 N–H and O–H groups in total. The molecule has 5 aromatic rings. The van der Waals surface area contributed by atoms with E-state index >= 15 is 0 Å². The van der Waals surface area contributed by atoms with Crippen LogP contribution in [0, 0.1) is 6.92 Å². The first-order chi connectivity index (χ1) is 17.5. The highest BCUT2D eigenvalue weighted by Gasteiger charge is 2.19. The zero-order valence-electron chi connectivity index (χ0n) is 20.3. The number of nitrogens with zero attached hydrogens (tertiary/aromatic N) is 4. The molecule has 0 unspecified atom stereocenters. The average Bonchev–Trinajstić information content (AvgIpc) is 3.47. The first-order valence-corrected chi connectivity index (χ1v) is 11.6.